The van der Waals surface area contributed by atoms with Crippen LogP contribution in [0.3, 0.4) is 0 Å². The number of aromatic nitrogens is 1. The third kappa shape index (κ3) is 3.38. The van der Waals surface area contributed by atoms with Crippen molar-refractivity contribution in [1.82, 2.24) is 10.4 Å². The zero-order chi connectivity index (χ0) is 22.2. The Morgan fingerprint density at radius 3 is 2.56 bits per heavy atom. The topological polar surface area (TPSA) is 133 Å². The molecule has 0 saturated heterocycles. The number of hydrogen-bond acceptors (Lipinski definition) is 5. The Bertz CT molecular complexity index is 1370. The van der Waals surface area contributed by atoms with Crippen molar-refractivity contribution >= 4 is 34.6 Å². The average molecular weight is 425 g/mol. The second kappa shape index (κ2) is 7.68. The van der Waals surface area contributed by atoms with Crippen LogP contribution in [0.4, 0.5) is 5.69 Å². The molecule has 3 aromatic carbocycles. The summed E-state index contributed by atoms with van der Waals surface area (Å²) in [6.45, 7) is 0. The van der Waals surface area contributed by atoms with Gasteiger partial charge in [-0.15, -0.1) is 0 Å². The van der Waals surface area contributed by atoms with E-state index in [1.54, 1.807) is 30.5 Å². The molecule has 1 aliphatic rings. The van der Waals surface area contributed by atoms with Crippen LogP contribution in [0, 0.1) is 0 Å². The Hall–Kier alpha value is -4.43. The molecule has 0 bridgehead atoms. The van der Waals surface area contributed by atoms with Crippen LogP contribution in [0.2, 0.25) is 0 Å². The largest absolute Gasteiger partial charge is 0.508 e. The molecule has 0 aliphatic carbocycles. The minimum Gasteiger partial charge on any atom is -0.508 e. The minimum absolute atomic E-state index is 0.0898. The molecular formula is C24H19N5O3. The Kier molecular flexibility index (Phi) is 4.68. The Morgan fingerprint density at radius 1 is 1.06 bits per heavy atom. The fourth-order valence-electron chi connectivity index (χ4n) is 3.84. The van der Waals surface area contributed by atoms with Crippen LogP contribution in [0.25, 0.3) is 22.2 Å². The summed E-state index contributed by atoms with van der Waals surface area (Å²) in [6, 6.07) is 18.3. The number of phenols is 1. The van der Waals surface area contributed by atoms with Crippen molar-refractivity contribution in [3.63, 3.8) is 0 Å². The molecule has 0 fully saturated rings. The molecule has 0 unspecified atom stereocenters. The Labute approximate surface area is 182 Å². The number of anilines is 1. The molecule has 0 saturated carbocycles. The third-order valence-electron chi connectivity index (χ3n) is 5.41. The highest BCUT2D eigenvalue weighted by Gasteiger charge is 2.23. The lowest BCUT2D eigenvalue weighted by atomic mass is 10.0. The van der Waals surface area contributed by atoms with Gasteiger partial charge in [-0.1, -0.05) is 42.5 Å². The molecule has 32 heavy (non-hydrogen) atoms. The van der Waals surface area contributed by atoms with Crippen LogP contribution in [0.5, 0.6) is 5.75 Å². The lowest BCUT2D eigenvalue weighted by Gasteiger charge is -2.14. The van der Waals surface area contributed by atoms with Crippen molar-refractivity contribution in [3.05, 3.63) is 83.4 Å². The Balaban J connectivity index is 1.56. The van der Waals surface area contributed by atoms with Gasteiger partial charge in [0, 0.05) is 22.2 Å². The predicted octanol–water partition coefficient (Wildman–Crippen LogP) is 3.26. The van der Waals surface area contributed by atoms with Crippen LogP contribution >= 0.6 is 0 Å². The molecule has 2 amide bonds. The number of aromatic amines is 1. The molecule has 8 nitrogen and oxygen atoms in total. The second-order valence-corrected chi connectivity index (χ2v) is 7.48. The van der Waals surface area contributed by atoms with Crippen LogP contribution in [0.1, 0.15) is 27.5 Å². The van der Waals surface area contributed by atoms with Gasteiger partial charge in [-0.3, -0.25) is 9.59 Å². The summed E-state index contributed by atoms with van der Waals surface area (Å²) in [5.74, 6) is -0.725. The van der Waals surface area contributed by atoms with Crippen molar-refractivity contribution in [2.75, 3.05) is 5.32 Å². The summed E-state index contributed by atoms with van der Waals surface area (Å²) in [5, 5.41) is 17.0. The standard InChI is InChI=1S/C24H19N5O3/c25-21(13-6-8-16(30)9-7-13)24(32)27-15-10-17-20-18(12-26-29-23(17)31)22(28-19(20)11-15)14-4-2-1-3-5-14/h1-12,21,28,30H,25H2,(H,27,32)(H,29,31)/t21-/m1/s1. The number of rotatable bonds is 4. The summed E-state index contributed by atoms with van der Waals surface area (Å²) in [6.07, 6.45) is 1.62. The van der Waals surface area contributed by atoms with E-state index in [1.807, 2.05) is 30.3 Å². The molecule has 1 atom stereocenters. The molecule has 0 spiro atoms. The van der Waals surface area contributed by atoms with Crippen molar-refractivity contribution < 1.29 is 14.7 Å². The van der Waals surface area contributed by atoms with Gasteiger partial charge in [0.2, 0.25) is 5.91 Å². The highest BCUT2D eigenvalue weighted by Crippen LogP contribution is 2.34. The molecule has 2 heterocycles. The second-order valence-electron chi connectivity index (χ2n) is 7.48. The van der Waals surface area contributed by atoms with Gasteiger partial charge in [0.1, 0.15) is 11.8 Å². The first-order valence-corrected chi connectivity index (χ1v) is 9.95. The van der Waals surface area contributed by atoms with E-state index >= 15 is 0 Å². The zero-order valence-electron chi connectivity index (χ0n) is 16.8. The number of H-pyrrole nitrogens is 1. The smallest absolute Gasteiger partial charge is 0.272 e. The van der Waals surface area contributed by atoms with E-state index in [2.05, 4.69) is 20.8 Å². The maximum atomic E-state index is 12.8. The van der Waals surface area contributed by atoms with E-state index in [9.17, 15) is 14.7 Å². The van der Waals surface area contributed by atoms with Gasteiger partial charge in [0.15, 0.2) is 0 Å². The molecule has 158 valence electrons. The SMILES string of the molecule is N[C@@H](C(=O)Nc1cc2c3c(c(-c4ccccc4)[nH]c3c1)C=NNC2=O)c1ccc(O)cc1. The number of nitrogens with zero attached hydrogens (tertiary/aromatic N) is 1. The van der Waals surface area contributed by atoms with Crippen molar-refractivity contribution in [3.8, 4) is 17.0 Å². The average Bonchev–Trinajstić information content (AvgIpc) is 3.08. The van der Waals surface area contributed by atoms with Gasteiger partial charge >= 0.3 is 0 Å². The molecule has 8 heteroatoms. The van der Waals surface area contributed by atoms with E-state index in [-0.39, 0.29) is 11.7 Å². The first-order valence-electron chi connectivity index (χ1n) is 9.95. The van der Waals surface area contributed by atoms with E-state index in [4.69, 9.17) is 5.73 Å². The van der Waals surface area contributed by atoms with Gasteiger partial charge in [-0.05, 0) is 35.4 Å². The number of nitrogens with one attached hydrogen (secondary N) is 3. The quantitative estimate of drug-likeness (QED) is 0.343. The highest BCUT2D eigenvalue weighted by molar-refractivity contribution is 6.18. The monoisotopic (exact) mass is 425 g/mol. The minimum atomic E-state index is -0.943. The number of phenolic OH excluding ortho intramolecular Hbond substituents is 1. The molecule has 6 N–H and O–H groups in total. The summed E-state index contributed by atoms with van der Waals surface area (Å²) in [7, 11) is 0. The molecule has 4 aromatic rings. The van der Waals surface area contributed by atoms with Crippen molar-refractivity contribution in [2.45, 2.75) is 6.04 Å². The predicted molar refractivity (Wildman–Crippen MR) is 122 cm³/mol. The number of carbonyl (C=O) groups excluding carboxylic acids is 2. The van der Waals surface area contributed by atoms with E-state index in [0.29, 0.717) is 22.3 Å². The van der Waals surface area contributed by atoms with Crippen molar-refractivity contribution in [1.29, 1.82) is 0 Å². The zero-order valence-corrected chi connectivity index (χ0v) is 16.8. The number of amides is 2. The number of aromatic hydroxyl groups is 1. The fraction of sp³-hybridized carbons (Fsp3) is 0.0417. The maximum absolute atomic E-state index is 12.8. The Morgan fingerprint density at radius 2 is 1.81 bits per heavy atom. The summed E-state index contributed by atoms with van der Waals surface area (Å²) < 4.78 is 0. The summed E-state index contributed by atoms with van der Waals surface area (Å²) in [4.78, 5) is 28.8. The number of nitrogens with two attached hydrogens (primary N) is 1. The van der Waals surface area contributed by atoms with E-state index in [1.165, 1.54) is 12.1 Å². The van der Waals surface area contributed by atoms with Crippen molar-refractivity contribution in [2.24, 2.45) is 10.8 Å². The lowest BCUT2D eigenvalue weighted by Crippen LogP contribution is -2.27. The third-order valence-corrected chi connectivity index (χ3v) is 5.41. The van der Waals surface area contributed by atoms with Crippen LogP contribution in [-0.2, 0) is 4.79 Å². The van der Waals surface area contributed by atoms with Gasteiger partial charge in [-0.2, -0.15) is 5.10 Å². The fourth-order valence-corrected chi connectivity index (χ4v) is 3.84. The highest BCUT2D eigenvalue weighted by atomic mass is 16.3. The van der Waals surface area contributed by atoms with Gasteiger partial charge in [0.05, 0.1) is 17.5 Å². The number of hydrogen-bond donors (Lipinski definition) is 5. The van der Waals surface area contributed by atoms with Crippen LogP contribution in [0.15, 0.2) is 71.8 Å². The number of carbonyl (C=O) groups is 2. The van der Waals surface area contributed by atoms with Crippen LogP contribution < -0.4 is 16.5 Å². The summed E-state index contributed by atoms with van der Waals surface area (Å²) in [5.41, 5.74) is 13.2. The lowest BCUT2D eigenvalue weighted by molar-refractivity contribution is -0.117. The molecule has 1 aromatic heterocycles. The number of benzene rings is 3. The normalized spacial score (nSPS) is 13.5. The van der Waals surface area contributed by atoms with Gasteiger partial charge < -0.3 is 21.1 Å². The van der Waals surface area contributed by atoms with Gasteiger partial charge in [-0.25, -0.2) is 5.43 Å². The van der Waals surface area contributed by atoms with E-state index < -0.39 is 11.9 Å². The first-order chi connectivity index (χ1) is 15.5. The van der Waals surface area contributed by atoms with Gasteiger partial charge in [0.25, 0.3) is 5.91 Å². The maximum Gasteiger partial charge on any atom is 0.272 e. The van der Waals surface area contributed by atoms with E-state index in [0.717, 1.165) is 22.2 Å². The number of hydrazone groups is 1. The molecule has 5 rings (SSSR count). The van der Waals surface area contributed by atoms with Crippen LogP contribution in [-0.4, -0.2) is 28.1 Å². The molecule has 0 radical (unpaired) electrons. The molecule has 1 aliphatic heterocycles. The first kappa shape index (κ1) is 19.5. The summed E-state index contributed by atoms with van der Waals surface area (Å²) >= 11 is 0. The molecular weight excluding hydrogens is 406 g/mol.